The lowest BCUT2D eigenvalue weighted by Gasteiger charge is -2.32. The van der Waals surface area contributed by atoms with E-state index in [4.69, 9.17) is 0 Å². The van der Waals surface area contributed by atoms with Gasteiger partial charge in [-0.05, 0) is 18.9 Å². The molecule has 0 aliphatic carbocycles. The molecule has 10 heteroatoms. The van der Waals surface area contributed by atoms with E-state index in [2.05, 4.69) is 25.2 Å². The van der Waals surface area contributed by atoms with Gasteiger partial charge in [0, 0.05) is 45.0 Å². The number of aryl methyl sites for hydroxylation is 1. The first-order valence-corrected chi connectivity index (χ1v) is 8.22. The van der Waals surface area contributed by atoms with Gasteiger partial charge in [0.15, 0.2) is 0 Å². The lowest BCUT2D eigenvalue weighted by atomic mass is 10.0. The van der Waals surface area contributed by atoms with Crippen LogP contribution in [0.5, 0.6) is 0 Å². The SMILES string of the molecule is Cn1ccc(CN2CCC(Nc3cc(C(F)(F)F)ncn3)CC2)nc1=O. The second kappa shape index (κ2) is 7.40. The van der Waals surface area contributed by atoms with Crippen LogP contribution in [-0.2, 0) is 19.8 Å². The Morgan fingerprint density at radius 3 is 2.65 bits per heavy atom. The molecule has 1 N–H and O–H groups in total. The molecule has 1 aliphatic rings. The number of anilines is 1. The van der Waals surface area contributed by atoms with E-state index in [0.29, 0.717) is 12.2 Å². The number of nitrogens with one attached hydrogen (secondary N) is 1. The largest absolute Gasteiger partial charge is 0.433 e. The van der Waals surface area contributed by atoms with Crippen LogP contribution >= 0.6 is 0 Å². The Morgan fingerprint density at radius 1 is 1.27 bits per heavy atom. The third-order valence-electron chi connectivity index (χ3n) is 4.31. The summed E-state index contributed by atoms with van der Waals surface area (Å²) in [6.07, 6.45) is -0.358. The summed E-state index contributed by atoms with van der Waals surface area (Å²) in [5.74, 6) is 0.180. The fourth-order valence-electron chi connectivity index (χ4n) is 2.85. The monoisotopic (exact) mass is 368 g/mol. The number of hydrogen-bond donors (Lipinski definition) is 1. The average Bonchev–Trinajstić information content (AvgIpc) is 2.59. The van der Waals surface area contributed by atoms with Crippen molar-refractivity contribution in [3.05, 3.63) is 46.5 Å². The van der Waals surface area contributed by atoms with Gasteiger partial charge in [-0.25, -0.2) is 14.8 Å². The number of piperidine rings is 1. The molecule has 2 aromatic heterocycles. The Hall–Kier alpha value is -2.49. The molecule has 0 atom stereocenters. The Labute approximate surface area is 147 Å². The van der Waals surface area contributed by atoms with Gasteiger partial charge in [-0.15, -0.1) is 0 Å². The highest BCUT2D eigenvalue weighted by Crippen LogP contribution is 2.28. The molecule has 140 valence electrons. The van der Waals surface area contributed by atoms with Crippen LogP contribution in [0.2, 0.25) is 0 Å². The molecule has 0 saturated carbocycles. The fraction of sp³-hybridized carbons (Fsp3) is 0.500. The summed E-state index contributed by atoms with van der Waals surface area (Å²) in [4.78, 5) is 24.9. The number of rotatable bonds is 4. The number of likely N-dealkylation sites (tertiary alicyclic amines) is 1. The van der Waals surface area contributed by atoms with Gasteiger partial charge in [0.1, 0.15) is 17.8 Å². The quantitative estimate of drug-likeness (QED) is 0.885. The Morgan fingerprint density at radius 2 is 2.00 bits per heavy atom. The van der Waals surface area contributed by atoms with Crippen molar-refractivity contribution in [2.45, 2.75) is 31.6 Å². The maximum Gasteiger partial charge on any atom is 0.433 e. The van der Waals surface area contributed by atoms with Crippen molar-refractivity contribution in [3.63, 3.8) is 0 Å². The number of halogens is 3. The second-order valence-corrected chi connectivity index (χ2v) is 6.29. The van der Waals surface area contributed by atoms with E-state index in [1.807, 2.05) is 6.07 Å². The van der Waals surface area contributed by atoms with E-state index >= 15 is 0 Å². The molecular formula is C16H19F3N6O. The van der Waals surface area contributed by atoms with Crippen LogP contribution in [0.3, 0.4) is 0 Å². The van der Waals surface area contributed by atoms with Crippen LogP contribution < -0.4 is 11.0 Å². The van der Waals surface area contributed by atoms with Gasteiger partial charge >= 0.3 is 11.9 Å². The molecule has 1 fully saturated rings. The van der Waals surface area contributed by atoms with Crippen LogP contribution in [0.15, 0.2) is 29.5 Å². The van der Waals surface area contributed by atoms with Crippen molar-refractivity contribution in [2.24, 2.45) is 7.05 Å². The van der Waals surface area contributed by atoms with E-state index in [0.717, 1.165) is 38.3 Å². The van der Waals surface area contributed by atoms with Crippen molar-refractivity contribution in [1.82, 2.24) is 24.4 Å². The summed E-state index contributed by atoms with van der Waals surface area (Å²) >= 11 is 0. The number of aromatic nitrogens is 4. The van der Waals surface area contributed by atoms with E-state index < -0.39 is 11.9 Å². The maximum atomic E-state index is 12.7. The molecule has 0 amide bonds. The number of alkyl halides is 3. The van der Waals surface area contributed by atoms with Crippen molar-refractivity contribution >= 4 is 5.82 Å². The van der Waals surface area contributed by atoms with Gasteiger partial charge in [0.25, 0.3) is 0 Å². The summed E-state index contributed by atoms with van der Waals surface area (Å²) in [6, 6.07) is 2.78. The second-order valence-electron chi connectivity index (χ2n) is 6.29. The molecule has 26 heavy (non-hydrogen) atoms. The summed E-state index contributed by atoms with van der Waals surface area (Å²) in [5, 5.41) is 3.05. The van der Waals surface area contributed by atoms with Crippen molar-refractivity contribution in [3.8, 4) is 0 Å². The van der Waals surface area contributed by atoms with Gasteiger partial charge in [-0.3, -0.25) is 4.90 Å². The summed E-state index contributed by atoms with van der Waals surface area (Å²) in [7, 11) is 1.65. The third kappa shape index (κ3) is 4.57. The van der Waals surface area contributed by atoms with E-state index in [-0.39, 0.29) is 17.5 Å². The van der Waals surface area contributed by atoms with E-state index in [9.17, 15) is 18.0 Å². The molecule has 1 saturated heterocycles. The Kier molecular flexibility index (Phi) is 5.21. The third-order valence-corrected chi connectivity index (χ3v) is 4.31. The average molecular weight is 368 g/mol. The Bertz CT molecular complexity index is 814. The number of hydrogen-bond acceptors (Lipinski definition) is 6. The van der Waals surface area contributed by atoms with Crippen LogP contribution in [0, 0.1) is 0 Å². The molecule has 0 spiro atoms. The first-order chi connectivity index (χ1) is 12.3. The molecule has 1 aliphatic heterocycles. The van der Waals surface area contributed by atoms with Crippen LogP contribution in [0.25, 0.3) is 0 Å². The van der Waals surface area contributed by atoms with E-state index in [1.54, 1.807) is 13.2 Å². The minimum absolute atomic E-state index is 0.0406. The van der Waals surface area contributed by atoms with E-state index in [1.165, 1.54) is 4.57 Å². The molecule has 3 heterocycles. The molecule has 0 radical (unpaired) electrons. The first-order valence-electron chi connectivity index (χ1n) is 8.22. The highest BCUT2D eigenvalue weighted by molar-refractivity contribution is 5.36. The predicted molar refractivity (Wildman–Crippen MR) is 88.4 cm³/mol. The minimum Gasteiger partial charge on any atom is -0.367 e. The van der Waals surface area contributed by atoms with Gasteiger partial charge in [-0.2, -0.15) is 18.2 Å². The molecular weight excluding hydrogens is 349 g/mol. The standard InChI is InChI=1S/C16H19F3N6O/c1-24-5-2-12(23-15(24)26)9-25-6-3-11(4-7-25)22-14-8-13(16(17,18)19)20-10-21-14/h2,5,8,10-11H,3-4,6-7,9H2,1H3,(H,20,21,22). The molecule has 0 bridgehead atoms. The zero-order valence-corrected chi connectivity index (χ0v) is 14.2. The molecule has 2 aromatic rings. The van der Waals surface area contributed by atoms with Crippen molar-refractivity contribution < 1.29 is 13.2 Å². The smallest absolute Gasteiger partial charge is 0.367 e. The van der Waals surface area contributed by atoms with Crippen LogP contribution in [0.4, 0.5) is 19.0 Å². The van der Waals surface area contributed by atoms with Gasteiger partial charge in [0.05, 0.1) is 5.69 Å². The lowest BCUT2D eigenvalue weighted by molar-refractivity contribution is -0.141. The molecule has 7 nitrogen and oxygen atoms in total. The predicted octanol–water partition coefficient (Wildman–Crippen LogP) is 1.67. The zero-order chi connectivity index (χ0) is 18.7. The van der Waals surface area contributed by atoms with Crippen molar-refractivity contribution in [2.75, 3.05) is 18.4 Å². The van der Waals surface area contributed by atoms with Gasteiger partial charge in [0.2, 0.25) is 0 Å². The highest BCUT2D eigenvalue weighted by atomic mass is 19.4. The fourth-order valence-corrected chi connectivity index (χ4v) is 2.85. The lowest BCUT2D eigenvalue weighted by Crippen LogP contribution is -2.39. The highest BCUT2D eigenvalue weighted by Gasteiger charge is 2.33. The maximum absolute atomic E-state index is 12.7. The zero-order valence-electron chi connectivity index (χ0n) is 14.2. The summed E-state index contributed by atoms with van der Waals surface area (Å²) < 4.78 is 39.5. The minimum atomic E-state index is -4.48. The Balaban J connectivity index is 1.54. The van der Waals surface area contributed by atoms with Crippen LogP contribution in [-0.4, -0.2) is 43.6 Å². The van der Waals surface area contributed by atoms with Gasteiger partial charge < -0.3 is 9.88 Å². The normalized spacial score (nSPS) is 16.6. The molecule has 0 unspecified atom stereocenters. The summed E-state index contributed by atoms with van der Waals surface area (Å²) in [5.41, 5.74) is -0.530. The number of nitrogens with zero attached hydrogens (tertiary/aromatic N) is 5. The topological polar surface area (TPSA) is 75.9 Å². The molecule has 3 rings (SSSR count). The first kappa shape index (κ1) is 18.3. The van der Waals surface area contributed by atoms with Crippen molar-refractivity contribution in [1.29, 1.82) is 0 Å². The van der Waals surface area contributed by atoms with Crippen LogP contribution in [0.1, 0.15) is 24.2 Å². The molecule has 0 aromatic carbocycles. The summed E-state index contributed by atoms with van der Waals surface area (Å²) in [6.45, 7) is 2.09. The van der Waals surface area contributed by atoms with Gasteiger partial charge in [-0.1, -0.05) is 0 Å².